The van der Waals surface area contributed by atoms with Crippen molar-refractivity contribution in [3.8, 4) is 0 Å². The van der Waals surface area contributed by atoms with Gasteiger partial charge in [0.2, 0.25) is 0 Å². The van der Waals surface area contributed by atoms with Gasteiger partial charge in [-0.15, -0.1) is 0 Å². The van der Waals surface area contributed by atoms with Crippen molar-refractivity contribution in [1.82, 2.24) is 9.80 Å². The molecular weight excluding hydrogens is 212 g/mol. The zero-order valence-corrected chi connectivity index (χ0v) is 10.7. The van der Waals surface area contributed by atoms with Crippen molar-refractivity contribution in [2.45, 2.75) is 57.0 Å². The molecule has 2 saturated carbocycles. The van der Waals surface area contributed by atoms with E-state index in [0.29, 0.717) is 5.78 Å². The van der Waals surface area contributed by atoms with E-state index in [1.54, 1.807) is 0 Å². The molecule has 1 aliphatic heterocycles. The van der Waals surface area contributed by atoms with Crippen LogP contribution in [0.15, 0.2) is 0 Å². The van der Waals surface area contributed by atoms with Crippen LogP contribution in [-0.2, 0) is 4.79 Å². The molecule has 17 heavy (non-hydrogen) atoms. The second-order valence-electron chi connectivity index (χ2n) is 5.88. The third kappa shape index (κ3) is 2.41. The average Bonchev–Trinajstić information content (AvgIpc) is 3.00. The molecule has 1 heterocycles. The van der Waals surface area contributed by atoms with Crippen LogP contribution in [0, 0.1) is 0 Å². The normalized spacial score (nSPS) is 33.6. The number of carbonyl (C=O) groups excluding carboxylic acids is 1. The number of hydrogen-bond donors (Lipinski definition) is 0. The molecule has 0 spiro atoms. The highest BCUT2D eigenvalue weighted by molar-refractivity contribution is 5.85. The monoisotopic (exact) mass is 236 g/mol. The van der Waals surface area contributed by atoms with Crippen LogP contribution in [0.4, 0.5) is 0 Å². The van der Waals surface area contributed by atoms with Crippen LogP contribution < -0.4 is 0 Å². The van der Waals surface area contributed by atoms with Gasteiger partial charge in [0.25, 0.3) is 0 Å². The van der Waals surface area contributed by atoms with Crippen molar-refractivity contribution in [1.29, 1.82) is 0 Å². The van der Waals surface area contributed by atoms with Crippen molar-refractivity contribution in [3.63, 3.8) is 0 Å². The fraction of sp³-hybridized carbons (Fsp3) is 0.929. The zero-order chi connectivity index (χ0) is 11.7. The molecule has 3 aliphatic rings. The van der Waals surface area contributed by atoms with E-state index in [1.165, 1.54) is 38.8 Å². The number of ketones is 1. The van der Waals surface area contributed by atoms with E-state index in [0.717, 1.165) is 38.4 Å². The Labute approximate surface area is 104 Å². The lowest BCUT2D eigenvalue weighted by molar-refractivity contribution is -0.122. The van der Waals surface area contributed by atoms with Crippen LogP contribution in [0.5, 0.6) is 0 Å². The first kappa shape index (κ1) is 11.7. The summed E-state index contributed by atoms with van der Waals surface area (Å²) in [6, 6.07) is 1.14. The quantitative estimate of drug-likeness (QED) is 0.728. The van der Waals surface area contributed by atoms with Crippen molar-refractivity contribution >= 4 is 5.78 Å². The second-order valence-corrected chi connectivity index (χ2v) is 5.88. The molecule has 0 aromatic rings. The molecule has 1 atom stereocenters. The summed E-state index contributed by atoms with van der Waals surface area (Å²) in [6.07, 6.45) is 8.71. The predicted octanol–water partition coefficient (Wildman–Crippen LogP) is 1.67. The minimum absolute atomic E-state index is 0.278. The molecule has 0 aromatic carbocycles. The molecule has 3 heteroatoms. The lowest BCUT2D eigenvalue weighted by atomic mass is 10.1. The maximum atomic E-state index is 11.8. The van der Waals surface area contributed by atoms with Gasteiger partial charge in [-0.2, -0.15) is 0 Å². The highest BCUT2D eigenvalue weighted by Crippen LogP contribution is 2.26. The SMILES string of the molecule is O=C1CCCC1N1CCN(C2CCCC2)CC1. The first-order valence-electron chi connectivity index (χ1n) is 7.35. The van der Waals surface area contributed by atoms with E-state index in [1.807, 2.05) is 0 Å². The van der Waals surface area contributed by atoms with Gasteiger partial charge in [0.1, 0.15) is 5.78 Å². The largest absolute Gasteiger partial charge is 0.298 e. The minimum atomic E-state index is 0.278. The molecule has 0 amide bonds. The summed E-state index contributed by atoms with van der Waals surface area (Å²) in [5, 5.41) is 0. The maximum Gasteiger partial charge on any atom is 0.149 e. The van der Waals surface area contributed by atoms with Crippen LogP contribution in [0.1, 0.15) is 44.9 Å². The Balaban J connectivity index is 1.51. The van der Waals surface area contributed by atoms with Gasteiger partial charge in [0, 0.05) is 38.6 Å². The molecule has 0 bridgehead atoms. The standard InChI is InChI=1S/C14H24N2O/c17-14-7-3-6-13(14)16-10-8-15(9-11-16)12-4-1-2-5-12/h12-13H,1-11H2. The van der Waals surface area contributed by atoms with Crippen molar-refractivity contribution in [3.05, 3.63) is 0 Å². The molecule has 3 nitrogen and oxygen atoms in total. The van der Waals surface area contributed by atoms with E-state index in [2.05, 4.69) is 9.80 Å². The summed E-state index contributed by atoms with van der Waals surface area (Å²) in [4.78, 5) is 16.9. The Kier molecular flexibility index (Phi) is 3.48. The Bertz CT molecular complexity index is 278. The van der Waals surface area contributed by atoms with Gasteiger partial charge in [0.15, 0.2) is 0 Å². The minimum Gasteiger partial charge on any atom is -0.298 e. The van der Waals surface area contributed by atoms with Crippen LogP contribution >= 0.6 is 0 Å². The second kappa shape index (κ2) is 5.07. The summed E-state index contributed by atoms with van der Waals surface area (Å²) in [7, 11) is 0. The number of rotatable bonds is 2. The molecule has 0 N–H and O–H groups in total. The molecule has 3 fully saturated rings. The maximum absolute atomic E-state index is 11.8. The van der Waals surface area contributed by atoms with Crippen LogP contribution in [0.25, 0.3) is 0 Å². The smallest absolute Gasteiger partial charge is 0.149 e. The number of piperazine rings is 1. The lowest BCUT2D eigenvalue weighted by Gasteiger charge is -2.40. The van der Waals surface area contributed by atoms with Crippen molar-refractivity contribution in [2.24, 2.45) is 0 Å². The van der Waals surface area contributed by atoms with Crippen molar-refractivity contribution < 1.29 is 4.79 Å². The Morgan fingerprint density at radius 2 is 1.47 bits per heavy atom. The molecular formula is C14H24N2O. The molecule has 96 valence electrons. The highest BCUT2D eigenvalue weighted by Gasteiger charge is 2.33. The molecule has 2 aliphatic carbocycles. The molecule has 0 radical (unpaired) electrons. The Morgan fingerprint density at radius 1 is 0.824 bits per heavy atom. The molecule has 3 rings (SSSR count). The lowest BCUT2D eigenvalue weighted by Crippen LogP contribution is -2.53. The van der Waals surface area contributed by atoms with Gasteiger partial charge in [-0.3, -0.25) is 14.6 Å². The van der Waals surface area contributed by atoms with Gasteiger partial charge >= 0.3 is 0 Å². The van der Waals surface area contributed by atoms with Gasteiger partial charge in [-0.05, 0) is 25.7 Å². The van der Waals surface area contributed by atoms with Gasteiger partial charge < -0.3 is 0 Å². The van der Waals surface area contributed by atoms with Gasteiger partial charge in [-0.1, -0.05) is 12.8 Å². The van der Waals surface area contributed by atoms with Crippen LogP contribution in [0.2, 0.25) is 0 Å². The predicted molar refractivity (Wildman–Crippen MR) is 68.0 cm³/mol. The summed E-state index contributed by atoms with van der Waals surface area (Å²) in [6.45, 7) is 4.61. The van der Waals surface area contributed by atoms with E-state index >= 15 is 0 Å². The van der Waals surface area contributed by atoms with Crippen LogP contribution in [0.3, 0.4) is 0 Å². The molecule has 1 saturated heterocycles. The molecule has 0 aromatic heterocycles. The zero-order valence-electron chi connectivity index (χ0n) is 10.7. The number of Topliss-reactive ketones (excluding diaryl/α,β-unsaturated/α-hetero) is 1. The number of hydrogen-bond acceptors (Lipinski definition) is 3. The van der Waals surface area contributed by atoms with E-state index < -0.39 is 0 Å². The average molecular weight is 236 g/mol. The summed E-state index contributed by atoms with van der Waals surface area (Å²) in [5.74, 6) is 0.499. The van der Waals surface area contributed by atoms with Crippen molar-refractivity contribution in [2.75, 3.05) is 26.2 Å². The summed E-state index contributed by atoms with van der Waals surface area (Å²) >= 11 is 0. The third-order valence-electron chi connectivity index (χ3n) is 4.90. The van der Waals surface area contributed by atoms with Gasteiger partial charge in [0.05, 0.1) is 6.04 Å². The number of nitrogens with zero attached hydrogens (tertiary/aromatic N) is 2. The fourth-order valence-electron chi connectivity index (χ4n) is 3.87. The highest BCUT2D eigenvalue weighted by atomic mass is 16.1. The topological polar surface area (TPSA) is 23.6 Å². The summed E-state index contributed by atoms with van der Waals surface area (Å²) < 4.78 is 0. The Hall–Kier alpha value is -0.410. The fourth-order valence-corrected chi connectivity index (χ4v) is 3.87. The van der Waals surface area contributed by atoms with Gasteiger partial charge in [-0.25, -0.2) is 0 Å². The third-order valence-corrected chi connectivity index (χ3v) is 4.90. The first-order chi connectivity index (χ1) is 8.34. The van der Waals surface area contributed by atoms with E-state index in [4.69, 9.17) is 0 Å². The summed E-state index contributed by atoms with van der Waals surface area (Å²) in [5.41, 5.74) is 0. The molecule has 1 unspecified atom stereocenters. The van der Waals surface area contributed by atoms with E-state index in [-0.39, 0.29) is 6.04 Å². The van der Waals surface area contributed by atoms with Crippen LogP contribution in [-0.4, -0.2) is 53.8 Å². The Morgan fingerprint density at radius 3 is 2.06 bits per heavy atom. The van der Waals surface area contributed by atoms with E-state index in [9.17, 15) is 4.79 Å². The number of carbonyl (C=O) groups is 1. The first-order valence-corrected chi connectivity index (χ1v) is 7.35.